The lowest BCUT2D eigenvalue weighted by molar-refractivity contribution is -0.130. The van der Waals surface area contributed by atoms with Gasteiger partial charge in [-0.1, -0.05) is 6.92 Å². The van der Waals surface area contributed by atoms with Crippen LogP contribution in [-0.2, 0) is 4.79 Å². The summed E-state index contributed by atoms with van der Waals surface area (Å²) in [4.78, 5) is 28.4. The Labute approximate surface area is 130 Å². The lowest BCUT2D eigenvalue weighted by Gasteiger charge is -2.22. The molecule has 0 saturated carbocycles. The molecule has 1 aromatic heterocycles. The van der Waals surface area contributed by atoms with Gasteiger partial charge in [0.25, 0.3) is 0 Å². The van der Waals surface area contributed by atoms with E-state index in [0.717, 1.165) is 28.3 Å². The molecule has 5 heteroatoms. The Morgan fingerprint density at radius 3 is 2.62 bits per heavy atom. The molecule has 0 aromatic carbocycles. The molecule has 0 aliphatic carbocycles. The molecule has 4 nitrogen and oxygen atoms in total. The number of rotatable bonds is 5. The third kappa shape index (κ3) is 3.71. The van der Waals surface area contributed by atoms with Crippen molar-refractivity contribution in [2.75, 3.05) is 19.6 Å². The van der Waals surface area contributed by atoms with Gasteiger partial charge in [0, 0.05) is 41.2 Å². The van der Waals surface area contributed by atoms with E-state index in [-0.39, 0.29) is 17.1 Å². The topological polar surface area (TPSA) is 63.4 Å². The van der Waals surface area contributed by atoms with Crippen molar-refractivity contribution in [1.29, 1.82) is 0 Å². The van der Waals surface area contributed by atoms with E-state index < -0.39 is 0 Å². The Morgan fingerprint density at radius 1 is 1.38 bits per heavy atom. The SMILES string of the molecule is Cc1cc(C(=O)CCC(=O)N2CCC(C)(CN)C2)c(C)s1. The number of carbonyl (C=O) groups excluding carboxylic acids is 2. The van der Waals surface area contributed by atoms with Crippen molar-refractivity contribution in [3.8, 4) is 0 Å². The number of amides is 1. The van der Waals surface area contributed by atoms with E-state index in [1.165, 1.54) is 0 Å². The van der Waals surface area contributed by atoms with Crippen LogP contribution in [-0.4, -0.2) is 36.2 Å². The summed E-state index contributed by atoms with van der Waals surface area (Å²) < 4.78 is 0. The van der Waals surface area contributed by atoms with Crippen LogP contribution in [0, 0.1) is 19.3 Å². The fourth-order valence-corrected chi connectivity index (χ4v) is 3.77. The first-order valence-corrected chi connectivity index (χ1v) is 8.24. The third-order valence-electron chi connectivity index (χ3n) is 4.31. The minimum atomic E-state index is 0.0424. The predicted molar refractivity (Wildman–Crippen MR) is 85.7 cm³/mol. The molecule has 1 fully saturated rings. The highest BCUT2D eigenvalue weighted by Gasteiger charge is 2.34. The molecular weight excluding hydrogens is 284 g/mol. The number of Topliss-reactive ketones (excluding diaryl/α,β-unsaturated/α-hetero) is 1. The Bertz CT molecular complexity index is 552. The molecular formula is C16H24N2O2S. The summed E-state index contributed by atoms with van der Waals surface area (Å²) in [7, 11) is 0. The fourth-order valence-electron chi connectivity index (χ4n) is 2.82. The number of nitrogens with two attached hydrogens (primary N) is 1. The van der Waals surface area contributed by atoms with Crippen molar-refractivity contribution in [1.82, 2.24) is 4.90 Å². The second-order valence-corrected chi connectivity index (χ2v) is 7.79. The van der Waals surface area contributed by atoms with Gasteiger partial charge in [0.1, 0.15) is 0 Å². The van der Waals surface area contributed by atoms with Crippen molar-refractivity contribution in [2.45, 2.75) is 40.0 Å². The molecule has 1 atom stereocenters. The maximum atomic E-state index is 12.2. The number of nitrogens with zero attached hydrogens (tertiary/aromatic N) is 1. The molecule has 1 aliphatic rings. The molecule has 116 valence electrons. The quantitative estimate of drug-likeness (QED) is 0.850. The molecule has 0 radical (unpaired) electrons. The standard InChI is InChI=1S/C16H24N2O2S/c1-11-8-13(12(2)21-11)14(19)4-5-15(20)18-7-6-16(3,9-17)10-18/h8H,4-7,9-10,17H2,1-3H3. The van der Waals surface area contributed by atoms with Crippen molar-refractivity contribution < 1.29 is 9.59 Å². The molecule has 0 bridgehead atoms. The fraction of sp³-hybridized carbons (Fsp3) is 0.625. The van der Waals surface area contributed by atoms with Crippen molar-refractivity contribution in [2.24, 2.45) is 11.1 Å². The largest absolute Gasteiger partial charge is 0.342 e. The van der Waals surface area contributed by atoms with Crippen LogP contribution >= 0.6 is 11.3 Å². The van der Waals surface area contributed by atoms with E-state index in [0.29, 0.717) is 25.9 Å². The average molecular weight is 308 g/mol. The van der Waals surface area contributed by atoms with Gasteiger partial charge in [0.15, 0.2) is 5.78 Å². The van der Waals surface area contributed by atoms with Gasteiger partial charge in [0.05, 0.1) is 0 Å². The molecule has 1 unspecified atom stereocenters. The van der Waals surface area contributed by atoms with Gasteiger partial charge in [-0.2, -0.15) is 0 Å². The van der Waals surface area contributed by atoms with E-state index in [1.54, 1.807) is 11.3 Å². The first-order valence-electron chi connectivity index (χ1n) is 7.43. The van der Waals surface area contributed by atoms with Crippen LogP contribution in [0.5, 0.6) is 0 Å². The lowest BCUT2D eigenvalue weighted by Crippen LogP contribution is -2.34. The highest BCUT2D eigenvalue weighted by atomic mass is 32.1. The second kappa shape index (κ2) is 6.28. The Kier molecular flexibility index (Phi) is 4.84. The van der Waals surface area contributed by atoms with Crippen LogP contribution in [0.3, 0.4) is 0 Å². The van der Waals surface area contributed by atoms with Crippen molar-refractivity contribution >= 4 is 23.0 Å². The van der Waals surface area contributed by atoms with E-state index in [2.05, 4.69) is 6.92 Å². The number of likely N-dealkylation sites (tertiary alicyclic amines) is 1. The van der Waals surface area contributed by atoms with Gasteiger partial charge in [-0.25, -0.2) is 0 Å². The van der Waals surface area contributed by atoms with E-state index >= 15 is 0 Å². The van der Waals surface area contributed by atoms with Crippen molar-refractivity contribution in [3.05, 3.63) is 21.4 Å². The summed E-state index contributed by atoms with van der Waals surface area (Å²) >= 11 is 1.63. The van der Waals surface area contributed by atoms with E-state index in [1.807, 2.05) is 24.8 Å². The Morgan fingerprint density at radius 2 is 2.10 bits per heavy atom. The first-order chi connectivity index (χ1) is 9.84. The highest BCUT2D eigenvalue weighted by molar-refractivity contribution is 7.12. The minimum absolute atomic E-state index is 0.0424. The monoisotopic (exact) mass is 308 g/mol. The number of aryl methyl sites for hydroxylation is 2. The summed E-state index contributed by atoms with van der Waals surface area (Å²) in [6.45, 7) is 8.15. The second-order valence-electron chi connectivity index (χ2n) is 6.33. The normalized spacial score (nSPS) is 21.8. The number of carbonyl (C=O) groups is 2. The van der Waals surface area contributed by atoms with Crippen LogP contribution in [0.15, 0.2) is 6.07 Å². The first kappa shape index (κ1) is 16.2. The molecule has 2 heterocycles. The van der Waals surface area contributed by atoms with Crippen LogP contribution in [0.4, 0.5) is 0 Å². The minimum Gasteiger partial charge on any atom is -0.342 e. The summed E-state index contributed by atoms with van der Waals surface area (Å²) in [5, 5.41) is 0. The van der Waals surface area contributed by atoms with Crippen LogP contribution in [0.25, 0.3) is 0 Å². The number of ketones is 1. The number of hydrogen-bond donors (Lipinski definition) is 1. The Balaban J connectivity index is 1.87. The summed E-state index contributed by atoms with van der Waals surface area (Å²) in [6.07, 6.45) is 1.55. The zero-order valence-corrected chi connectivity index (χ0v) is 13.9. The summed E-state index contributed by atoms with van der Waals surface area (Å²) in [5.74, 6) is 0.149. The predicted octanol–water partition coefficient (Wildman–Crippen LogP) is 2.53. The van der Waals surface area contributed by atoms with Crippen molar-refractivity contribution in [3.63, 3.8) is 0 Å². The molecule has 1 aliphatic heterocycles. The van der Waals surface area contributed by atoms with Crippen LogP contribution in [0.1, 0.15) is 46.3 Å². The third-order valence-corrected chi connectivity index (χ3v) is 5.28. The maximum Gasteiger partial charge on any atom is 0.223 e. The van der Waals surface area contributed by atoms with Gasteiger partial charge in [-0.05, 0) is 38.3 Å². The van der Waals surface area contributed by atoms with E-state index in [9.17, 15) is 9.59 Å². The van der Waals surface area contributed by atoms with E-state index in [4.69, 9.17) is 5.73 Å². The molecule has 1 amide bonds. The molecule has 2 rings (SSSR count). The number of hydrogen-bond acceptors (Lipinski definition) is 4. The maximum absolute atomic E-state index is 12.2. The molecule has 21 heavy (non-hydrogen) atoms. The summed E-state index contributed by atoms with van der Waals surface area (Å²) in [6, 6.07) is 1.92. The van der Waals surface area contributed by atoms with Gasteiger partial charge in [0.2, 0.25) is 5.91 Å². The number of thiophene rings is 1. The molecule has 0 spiro atoms. The molecule has 2 N–H and O–H groups in total. The van der Waals surface area contributed by atoms with Crippen LogP contribution in [0.2, 0.25) is 0 Å². The van der Waals surface area contributed by atoms with Gasteiger partial charge < -0.3 is 10.6 Å². The van der Waals surface area contributed by atoms with Crippen LogP contribution < -0.4 is 5.73 Å². The molecule has 1 aromatic rings. The zero-order chi connectivity index (χ0) is 15.6. The highest BCUT2D eigenvalue weighted by Crippen LogP contribution is 2.29. The zero-order valence-electron chi connectivity index (χ0n) is 13.1. The smallest absolute Gasteiger partial charge is 0.223 e. The Hall–Kier alpha value is -1.20. The lowest BCUT2D eigenvalue weighted by atomic mass is 9.90. The average Bonchev–Trinajstić information content (AvgIpc) is 2.99. The van der Waals surface area contributed by atoms with Gasteiger partial charge >= 0.3 is 0 Å². The van der Waals surface area contributed by atoms with Gasteiger partial charge in [-0.15, -0.1) is 11.3 Å². The summed E-state index contributed by atoms with van der Waals surface area (Å²) in [5.41, 5.74) is 6.58. The molecule has 1 saturated heterocycles. The van der Waals surface area contributed by atoms with Gasteiger partial charge in [-0.3, -0.25) is 9.59 Å².